The van der Waals surface area contributed by atoms with Crippen LogP contribution < -0.4 is 20.7 Å². The molecule has 0 heterocycles. The van der Waals surface area contributed by atoms with E-state index < -0.39 is 0 Å². The Balaban J connectivity index is 1.93. The summed E-state index contributed by atoms with van der Waals surface area (Å²) in [6.07, 6.45) is 0.955. The molecular weight excluding hydrogens is 366 g/mol. The second kappa shape index (κ2) is 9.83. The van der Waals surface area contributed by atoms with Gasteiger partial charge in [0.15, 0.2) is 0 Å². The summed E-state index contributed by atoms with van der Waals surface area (Å²) in [6.45, 7) is 5.10. The van der Waals surface area contributed by atoms with E-state index in [1.807, 2.05) is 25.1 Å². The smallest absolute Gasteiger partial charge is 0.319 e. The van der Waals surface area contributed by atoms with Gasteiger partial charge in [-0.05, 0) is 54.8 Å². The van der Waals surface area contributed by atoms with E-state index in [-0.39, 0.29) is 17.0 Å². The van der Waals surface area contributed by atoms with E-state index in [4.69, 9.17) is 16.3 Å². The number of amides is 3. The molecule has 0 fully saturated rings. The average molecular weight is 390 g/mol. The van der Waals surface area contributed by atoms with Crippen LogP contribution in [0.25, 0.3) is 0 Å². The first-order valence-electron chi connectivity index (χ1n) is 8.73. The number of aryl methyl sites for hydroxylation is 1. The number of anilines is 1. The van der Waals surface area contributed by atoms with Gasteiger partial charge in [0.05, 0.1) is 17.2 Å². The Kier molecular flexibility index (Phi) is 7.49. The Morgan fingerprint density at radius 3 is 2.56 bits per heavy atom. The molecule has 0 aliphatic carbocycles. The van der Waals surface area contributed by atoms with Gasteiger partial charge in [0.2, 0.25) is 0 Å². The summed E-state index contributed by atoms with van der Waals surface area (Å²) in [6, 6.07) is 10.2. The summed E-state index contributed by atoms with van der Waals surface area (Å²) in [5.74, 6) is 0.547. The van der Waals surface area contributed by atoms with Crippen molar-refractivity contribution in [1.82, 2.24) is 10.6 Å². The van der Waals surface area contributed by atoms with Gasteiger partial charge in [-0.3, -0.25) is 4.79 Å². The number of carbonyl (C=O) groups excluding carboxylic acids is 2. The second-order valence-corrected chi connectivity index (χ2v) is 6.43. The predicted molar refractivity (Wildman–Crippen MR) is 108 cm³/mol. The molecule has 0 aromatic heterocycles. The minimum Gasteiger partial charge on any atom is -0.494 e. The van der Waals surface area contributed by atoms with E-state index in [9.17, 15) is 9.59 Å². The normalized spacial score (nSPS) is 10.2. The van der Waals surface area contributed by atoms with Crippen molar-refractivity contribution < 1.29 is 14.3 Å². The van der Waals surface area contributed by atoms with Gasteiger partial charge in [0, 0.05) is 19.3 Å². The fraction of sp³-hybridized carbons (Fsp3) is 0.300. The minimum atomic E-state index is -0.357. The molecule has 0 aliphatic rings. The maximum absolute atomic E-state index is 12.1. The van der Waals surface area contributed by atoms with Crippen molar-refractivity contribution in [3.05, 3.63) is 58.1 Å². The van der Waals surface area contributed by atoms with E-state index >= 15 is 0 Å². The van der Waals surface area contributed by atoms with Crippen molar-refractivity contribution in [2.24, 2.45) is 0 Å². The first-order chi connectivity index (χ1) is 12.9. The second-order valence-electron chi connectivity index (χ2n) is 6.02. The molecule has 0 atom stereocenters. The monoisotopic (exact) mass is 389 g/mol. The third-order valence-corrected chi connectivity index (χ3v) is 4.24. The zero-order valence-corrected chi connectivity index (χ0v) is 16.4. The van der Waals surface area contributed by atoms with Crippen LogP contribution in [0.2, 0.25) is 5.02 Å². The van der Waals surface area contributed by atoms with Gasteiger partial charge in [-0.1, -0.05) is 24.6 Å². The zero-order valence-electron chi connectivity index (χ0n) is 15.7. The highest BCUT2D eigenvalue weighted by molar-refractivity contribution is 6.34. The Bertz CT molecular complexity index is 824. The van der Waals surface area contributed by atoms with Gasteiger partial charge in [-0.25, -0.2) is 4.79 Å². The summed E-state index contributed by atoms with van der Waals surface area (Å²) >= 11 is 6.09. The molecule has 0 aliphatic heterocycles. The lowest BCUT2D eigenvalue weighted by atomic mass is 10.1. The lowest BCUT2D eigenvalue weighted by Gasteiger charge is -2.12. The van der Waals surface area contributed by atoms with E-state index in [1.165, 1.54) is 13.1 Å². The maximum Gasteiger partial charge on any atom is 0.319 e. The SMILES string of the molecule is CCCOc1ccc(CNC(=O)Nc2ccc(C(=O)NC)c(Cl)c2)c(C)c1. The van der Waals surface area contributed by atoms with Gasteiger partial charge in [-0.15, -0.1) is 0 Å². The van der Waals surface area contributed by atoms with Crippen LogP contribution in [-0.2, 0) is 6.54 Å². The molecule has 3 N–H and O–H groups in total. The highest BCUT2D eigenvalue weighted by atomic mass is 35.5. The molecule has 144 valence electrons. The van der Waals surface area contributed by atoms with E-state index in [0.717, 1.165) is 23.3 Å². The van der Waals surface area contributed by atoms with Gasteiger partial charge in [-0.2, -0.15) is 0 Å². The van der Waals surface area contributed by atoms with Crippen molar-refractivity contribution in [2.45, 2.75) is 26.8 Å². The molecule has 0 saturated carbocycles. The zero-order chi connectivity index (χ0) is 19.8. The molecule has 0 unspecified atom stereocenters. The Morgan fingerprint density at radius 1 is 1.15 bits per heavy atom. The number of nitrogens with one attached hydrogen (secondary N) is 3. The number of hydrogen-bond acceptors (Lipinski definition) is 3. The van der Waals surface area contributed by atoms with Crippen LogP contribution in [0.15, 0.2) is 36.4 Å². The van der Waals surface area contributed by atoms with Crippen LogP contribution in [0, 0.1) is 6.92 Å². The van der Waals surface area contributed by atoms with Gasteiger partial charge in [0.25, 0.3) is 5.91 Å². The summed E-state index contributed by atoms with van der Waals surface area (Å²) in [5.41, 5.74) is 2.90. The van der Waals surface area contributed by atoms with Crippen molar-refractivity contribution in [3.63, 3.8) is 0 Å². The summed E-state index contributed by atoms with van der Waals surface area (Å²) < 4.78 is 5.60. The molecule has 6 nitrogen and oxygen atoms in total. The van der Waals surface area contributed by atoms with Crippen molar-refractivity contribution in [1.29, 1.82) is 0 Å². The summed E-state index contributed by atoms with van der Waals surface area (Å²) in [5, 5.41) is 8.29. The number of rotatable bonds is 7. The van der Waals surface area contributed by atoms with E-state index in [2.05, 4.69) is 22.9 Å². The van der Waals surface area contributed by atoms with Crippen molar-refractivity contribution in [2.75, 3.05) is 19.0 Å². The largest absolute Gasteiger partial charge is 0.494 e. The van der Waals surface area contributed by atoms with Gasteiger partial charge >= 0.3 is 6.03 Å². The third-order valence-electron chi connectivity index (χ3n) is 3.92. The molecule has 7 heteroatoms. The molecule has 2 aromatic carbocycles. The minimum absolute atomic E-state index is 0.269. The number of carbonyl (C=O) groups is 2. The van der Waals surface area contributed by atoms with Crippen LogP contribution in [0.1, 0.15) is 34.8 Å². The highest BCUT2D eigenvalue weighted by Crippen LogP contribution is 2.21. The van der Waals surface area contributed by atoms with Crippen LogP contribution >= 0.6 is 11.6 Å². The van der Waals surface area contributed by atoms with Crippen LogP contribution in [-0.4, -0.2) is 25.6 Å². The number of ether oxygens (including phenoxy) is 1. The standard InChI is InChI=1S/C20H24ClN3O3/c1-4-9-27-16-7-5-14(13(2)10-16)12-23-20(26)24-15-6-8-17(18(21)11-15)19(25)22-3/h5-8,10-11H,4,9,12H2,1-3H3,(H,22,25)(H2,23,24,26). The molecule has 27 heavy (non-hydrogen) atoms. The molecule has 0 spiro atoms. The Labute approximate surface area is 164 Å². The maximum atomic E-state index is 12.1. The number of halogens is 1. The predicted octanol–water partition coefficient (Wildman–Crippen LogP) is 4.12. The van der Waals surface area contributed by atoms with Crippen LogP contribution in [0.5, 0.6) is 5.75 Å². The third kappa shape index (κ3) is 5.89. The lowest BCUT2D eigenvalue weighted by molar-refractivity contribution is 0.0963. The molecule has 0 radical (unpaired) electrons. The Morgan fingerprint density at radius 2 is 1.93 bits per heavy atom. The fourth-order valence-electron chi connectivity index (χ4n) is 2.44. The van der Waals surface area contributed by atoms with Crippen LogP contribution in [0.4, 0.5) is 10.5 Å². The topological polar surface area (TPSA) is 79.5 Å². The van der Waals surface area contributed by atoms with Gasteiger partial charge < -0.3 is 20.7 Å². The van der Waals surface area contributed by atoms with E-state index in [1.54, 1.807) is 12.1 Å². The van der Waals surface area contributed by atoms with Crippen LogP contribution in [0.3, 0.4) is 0 Å². The van der Waals surface area contributed by atoms with Gasteiger partial charge in [0.1, 0.15) is 5.75 Å². The Hall–Kier alpha value is -2.73. The number of urea groups is 1. The van der Waals surface area contributed by atoms with Crippen molar-refractivity contribution in [3.8, 4) is 5.75 Å². The fourth-order valence-corrected chi connectivity index (χ4v) is 2.71. The van der Waals surface area contributed by atoms with E-state index in [0.29, 0.717) is 24.4 Å². The molecule has 3 amide bonds. The summed E-state index contributed by atoms with van der Waals surface area (Å²) in [4.78, 5) is 23.8. The highest BCUT2D eigenvalue weighted by Gasteiger charge is 2.10. The van der Waals surface area contributed by atoms with Crippen molar-refractivity contribution >= 4 is 29.2 Å². The first-order valence-corrected chi connectivity index (χ1v) is 9.11. The first kappa shape index (κ1) is 20.6. The molecule has 0 bridgehead atoms. The molecular formula is C20H24ClN3O3. The summed E-state index contributed by atoms with van der Waals surface area (Å²) in [7, 11) is 1.53. The number of hydrogen-bond donors (Lipinski definition) is 3. The average Bonchev–Trinajstić information content (AvgIpc) is 2.65. The molecule has 0 saturated heterocycles. The lowest BCUT2D eigenvalue weighted by Crippen LogP contribution is -2.28. The quantitative estimate of drug-likeness (QED) is 0.666. The molecule has 2 rings (SSSR count). The molecule has 2 aromatic rings. The number of benzene rings is 2.